The molecule has 2 aliphatic heterocycles. The van der Waals surface area contributed by atoms with Crippen molar-refractivity contribution < 1.29 is 0 Å². The van der Waals surface area contributed by atoms with Crippen LogP contribution in [-0.4, -0.2) is 55.1 Å². The first kappa shape index (κ1) is 12.3. The molecule has 0 amide bonds. The lowest BCUT2D eigenvalue weighted by molar-refractivity contribution is 0.110. The lowest BCUT2D eigenvalue weighted by Gasteiger charge is -2.38. The van der Waals surface area contributed by atoms with E-state index >= 15 is 0 Å². The van der Waals surface area contributed by atoms with Crippen molar-refractivity contribution >= 4 is 0 Å². The largest absolute Gasteiger partial charge is 0.329 e. The van der Waals surface area contributed by atoms with Crippen molar-refractivity contribution in [3.05, 3.63) is 0 Å². The Bertz CT molecular complexity index is 201. The zero-order valence-electron chi connectivity index (χ0n) is 10.7. The Morgan fingerprint density at radius 2 is 1.88 bits per heavy atom. The molecule has 16 heavy (non-hydrogen) atoms. The van der Waals surface area contributed by atoms with Crippen LogP contribution >= 0.6 is 0 Å². The highest BCUT2D eigenvalue weighted by atomic mass is 15.2. The molecule has 2 rings (SSSR count). The van der Waals surface area contributed by atoms with E-state index in [0.717, 1.165) is 12.5 Å². The molecule has 3 nitrogen and oxygen atoms in total. The highest BCUT2D eigenvalue weighted by molar-refractivity contribution is 4.81. The van der Waals surface area contributed by atoms with Crippen molar-refractivity contribution in [1.82, 2.24) is 9.80 Å². The Hall–Kier alpha value is -0.120. The number of nitrogens with zero attached hydrogens (tertiary/aromatic N) is 2. The van der Waals surface area contributed by atoms with Gasteiger partial charge in [0.15, 0.2) is 0 Å². The van der Waals surface area contributed by atoms with Crippen molar-refractivity contribution in [1.29, 1.82) is 0 Å². The molecule has 2 atom stereocenters. The Labute approximate surface area is 100.0 Å². The van der Waals surface area contributed by atoms with Gasteiger partial charge in [0.05, 0.1) is 0 Å². The van der Waals surface area contributed by atoms with Gasteiger partial charge < -0.3 is 10.6 Å². The minimum Gasteiger partial charge on any atom is -0.329 e. The smallest absolute Gasteiger partial charge is 0.0221 e. The van der Waals surface area contributed by atoms with Gasteiger partial charge in [0.25, 0.3) is 0 Å². The molecule has 2 heterocycles. The molecule has 0 aromatic rings. The van der Waals surface area contributed by atoms with Gasteiger partial charge in [-0.25, -0.2) is 0 Å². The van der Waals surface area contributed by atoms with Crippen LogP contribution in [0.25, 0.3) is 0 Å². The fourth-order valence-electron chi connectivity index (χ4n) is 3.12. The Morgan fingerprint density at radius 3 is 2.56 bits per heavy atom. The van der Waals surface area contributed by atoms with E-state index in [2.05, 4.69) is 16.7 Å². The number of nitrogens with two attached hydrogens (primary N) is 1. The zero-order chi connectivity index (χ0) is 11.4. The van der Waals surface area contributed by atoms with Gasteiger partial charge in [0.1, 0.15) is 0 Å². The van der Waals surface area contributed by atoms with E-state index in [1.54, 1.807) is 0 Å². The van der Waals surface area contributed by atoms with Crippen molar-refractivity contribution in [3.63, 3.8) is 0 Å². The monoisotopic (exact) mass is 225 g/mol. The molecule has 0 spiro atoms. The molecule has 2 saturated heterocycles. The van der Waals surface area contributed by atoms with Crippen LogP contribution in [0.2, 0.25) is 0 Å². The van der Waals surface area contributed by atoms with Gasteiger partial charge in [0.2, 0.25) is 0 Å². The minimum absolute atomic E-state index is 0.645. The molecule has 0 radical (unpaired) electrons. The van der Waals surface area contributed by atoms with E-state index in [0.29, 0.717) is 6.04 Å². The minimum atomic E-state index is 0.645. The first-order valence-electron chi connectivity index (χ1n) is 6.96. The summed E-state index contributed by atoms with van der Waals surface area (Å²) in [5, 5.41) is 0. The maximum Gasteiger partial charge on any atom is 0.0221 e. The van der Waals surface area contributed by atoms with E-state index in [1.165, 1.54) is 58.4 Å². The van der Waals surface area contributed by atoms with Crippen LogP contribution in [0.1, 0.15) is 32.6 Å². The number of likely N-dealkylation sites (tertiary alicyclic amines) is 2. The highest BCUT2D eigenvalue weighted by Gasteiger charge is 2.25. The van der Waals surface area contributed by atoms with Gasteiger partial charge in [-0.05, 0) is 51.2 Å². The fraction of sp³-hybridized carbons (Fsp3) is 1.00. The lowest BCUT2D eigenvalue weighted by atomic mass is 9.92. The number of piperidine rings is 1. The van der Waals surface area contributed by atoms with Crippen molar-refractivity contribution in [3.8, 4) is 0 Å². The first-order valence-corrected chi connectivity index (χ1v) is 6.96. The van der Waals surface area contributed by atoms with Crippen LogP contribution < -0.4 is 5.73 Å². The summed E-state index contributed by atoms with van der Waals surface area (Å²) in [6.07, 6.45) is 5.46. The maximum atomic E-state index is 5.88. The summed E-state index contributed by atoms with van der Waals surface area (Å²) in [6, 6.07) is 0.645. The number of hydrogen-bond donors (Lipinski definition) is 1. The fourth-order valence-corrected chi connectivity index (χ4v) is 3.12. The van der Waals surface area contributed by atoms with E-state index in [1.807, 2.05) is 0 Å². The van der Waals surface area contributed by atoms with E-state index < -0.39 is 0 Å². The van der Waals surface area contributed by atoms with Gasteiger partial charge in [-0.1, -0.05) is 6.92 Å². The first-order chi connectivity index (χ1) is 7.79. The van der Waals surface area contributed by atoms with Crippen molar-refractivity contribution in [2.45, 2.75) is 38.6 Å². The third kappa shape index (κ3) is 3.19. The van der Waals surface area contributed by atoms with Crippen molar-refractivity contribution in [2.24, 2.45) is 11.7 Å². The molecule has 94 valence electrons. The van der Waals surface area contributed by atoms with Gasteiger partial charge in [0, 0.05) is 25.7 Å². The van der Waals surface area contributed by atoms with E-state index in [9.17, 15) is 0 Å². The van der Waals surface area contributed by atoms with Crippen LogP contribution in [0.15, 0.2) is 0 Å². The lowest BCUT2D eigenvalue weighted by Crippen LogP contribution is -2.48. The van der Waals surface area contributed by atoms with Crippen LogP contribution in [0.5, 0.6) is 0 Å². The summed E-state index contributed by atoms with van der Waals surface area (Å²) in [4.78, 5) is 5.23. The molecular formula is C13H27N3. The summed E-state index contributed by atoms with van der Waals surface area (Å²) in [5.41, 5.74) is 5.88. The molecule has 2 fully saturated rings. The molecular weight excluding hydrogens is 198 g/mol. The second-order valence-electron chi connectivity index (χ2n) is 5.60. The third-order valence-corrected chi connectivity index (χ3v) is 4.27. The predicted octanol–water partition coefficient (Wildman–Crippen LogP) is 1.14. The topological polar surface area (TPSA) is 32.5 Å². The summed E-state index contributed by atoms with van der Waals surface area (Å²) >= 11 is 0. The van der Waals surface area contributed by atoms with Crippen LogP contribution in [0, 0.1) is 5.92 Å². The van der Waals surface area contributed by atoms with Gasteiger partial charge >= 0.3 is 0 Å². The maximum absolute atomic E-state index is 5.88. The number of hydrogen-bond acceptors (Lipinski definition) is 3. The normalized spacial score (nSPS) is 33.4. The molecule has 0 bridgehead atoms. The predicted molar refractivity (Wildman–Crippen MR) is 68.5 cm³/mol. The summed E-state index contributed by atoms with van der Waals surface area (Å²) in [6.45, 7) is 9.58. The zero-order valence-corrected chi connectivity index (χ0v) is 10.7. The molecule has 0 aromatic heterocycles. The molecule has 2 aliphatic rings. The highest BCUT2D eigenvalue weighted by Crippen LogP contribution is 2.21. The summed E-state index contributed by atoms with van der Waals surface area (Å²) < 4.78 is 0. The van der Waals surface area contributed by atoms with Gasteiger partial charge in [-0.2, -0.15) is 0 Å². The Kier molecular flexibility index (Phi) is 4.62. The summed E-state index contributed by atoms with van der Waals surface area (Å²) in [7, 11) is 0. The molecule has 0 aromatic carbocycles. The second kappa shape index (κ2) is 5.99. The quantitative estimate of drug-likeness (QED) is 0.779. The summed E-state index contributed by atoms with van der Waals surface area (Å²) in [5.74, 6) is 0.872. The average Bonchev–Trinajstić information content (AvgIpc) is 2.80. The average molecular weight is 225 g/mol. The molecule has 2 N–H and O–H groups in total. The molecule has 2 unspecified atom stereocenters. The van der Waals surface area contributed by atoms with Crippen LogP contribution in [-0.2, 0) is 0 Å². The standard InChI is InChI=1S/C13H27N3/c1-12-4-7-16(13(10-12)11-14)9-8-15-5-2-3-6-15/h12-13H,2-11,14H2,1H3. The van der Waals surface area contributed by atoms with Crippen molar-refractivity contribution in [2.75, 3.05) is 39.3 Å². The van der Waals surface area contributed by atoms with Gasteiger partial charge in [-0.15, -0.1) is 0 Å². The second-order valence-corrected chi connectivity index (χ2v) is 5.60. The van der Waals surface area contributed by atoms with Gasteiger partial charge in [-0.3, -0.25) is 4.90 Å². The van der Waals surface area contributed by atoms with E-state index in [-0.39, 0.29) is 0 Å². The molecule has 3 heteroatoms. The molecule has 0 saturated carbocycles. The molecule has 0 aliphatic carbocycles. The third-order valence-electron chi connectivity index (χ3n) is 4.27. The van der Waals surface area contributed by atoms with Crippen LogP contribution in [0.4, 0.5) is 0 Å². The Balaban J connectivity index is 1.74. The number of rotatable bonds is 4. The van der Waals surface area contributed by atoms with E-state index in [4.69, 9.17) is 5.73 Å². The SMILES string of the molecule is CC1CCN(CCN2CCCC2)C(CN)C1. The van der Waals surface area contributed by atoms with Crippen LogP contribution in [0.3, 0.4) is 0 Å². The Morgan fingerprint density at radius 1 is 1.12 bits per heavy atom.